The Labute approximate surface area is 179 Å². The van der Waals surface area contributed by atoms with Crippen LogP contribution in [-0.4, -0.2) is 52.0 Å². The summed E-state index contributed by atoms with van der Waals surface area (Å²) in [6, 6.07) is 16.3. The van der Waals surface area contributed by atoms with Crippen molar-refractivity contribution in [3.63, 3.8) is 0 Å². The molecule has 1 fully saturated rings. The first-order chi connectivity index (χ1) is 15.2. The molecule has 2 aliphatic rings. The number of hydrogen-bond donors (Lipinski definition) is 1. The number of carbonyl (C=O) groups excluding carboxylic acids is 1. The van der Waals surface area contributed by atoms with E-state index in [1.54, 1.807) is 0 Å². The van der Waals surface area contributed by atoms with Crippen LogP contribution in [0.15, 0.2) is 54.6 Å². The number of benzene rings is 2. The maximum Gasteiger partial charge on any atom is 0.329 e. The van der Waals surface area contributed by atoms with Crippen LogP contribution in [0.3, 0.4) is 0 Å². The highest BCUT2D eigenvalue weighted by Gasteiger charge is 2.36. The van der Waals surface area contributed by atoms with Gasteiger partial charge in [0.1, 0.15) is 11.4 Å². The van der Waals surface area contributed by atoms with Gasteiger partial charge >= 0.3 is 5.97 Å². The quantitative estimate of drug-likeness (QED) is 0.652. The molecule has 0 aliphatic carbocycles. The molecule has 3 heterocycles. The van der Waals surface area contributed by atoms with Crippen molar-refractivity contribution in [3.05, 3.63) is 65.7 Å². The van der Waals surface area contributed by atoms with Crippen molar-refractivity contribution in [2.45, 2.75) is 25.0 Å². The number of methoxy groups -OCH3 is 1. The summed E-state index contributed by atoms with van der Waals surface area (Å²) >= 11 is 0. The number of carbonyl (C=O) groups is 1. The Morgan fingerprint density at radius 2 is 1.87 bits per heavy atom. The molecule has 0 amide bonds. The second kappa shape index (κ2) is 7.96. The molecule has 31 heavy (non-hydrogen) atoms. The average molecular weight is 417 g/mol. The third kappa shape index (κ3) is 3.82. The standard InChI is InChI=1S/C23H23N5O3/c1-30-21(29)15-28-26-22(25-27-28)17-8-6-16(7-9-17)19-14-23(10-12-24-13-11-23)31-20-5-3-2-4-18(19)20/h2-9,14,24H,10-13,15H2,1H3. The summed E-state index contributed by atoms with van der Waals surface area (Å²) < 4.78 is 11.1. The van der Waals surface area contributed by atoms with Gasteiger partial charge in [0.05, 0.1) is 7.11 Å². The smallest absolute Gasteiger partial charge is 0.329 e. The molecule has 1 saturated heterocycles. The minimum atomic E-state index is -0.420. The van der Waals surface area contributed by atoms with Crippen LogP contribution in [-0.2, 0) is 16.1 Å². The highest BCUT2D eigenvalue weighted by molar-refractivity contribution is 5.85. The minimum Gasteiger partial charge on any atom is -0.482 e. The summed E-state index contributed by atoms with van der Waals surface area (Å²) in [6.45, 7) is 1.82. The van der Waals surface area contributed by atoms with Gasteiger partial charge in [-0.1, -0.05) is 42.5 Å². The average Bonchev–Trinajstić information content (AvgIpc) is 3.27. The summed E-state index contributed by atoms with van der Waals surface area (Å²) in [4.78, 5) is 12.6. The molecule has 8 heteroatoms. The van der Waals surface area contributed by atoms with Gasteiger partial charge in [0, 0.05) is 24.0 Å². The van der Waals surface area contributed by atoms with Crippen LogP contribution in [0.5, 0.6) is 5.75 Å². The number of rotatable bonds is 4. The van der Waals surface area contributed by atoms with Crippen molar-refractivity contribution in [1.82, 2.24) is 25.5 Å². The SMILES string of the molecule is COC(=O)Cn1nnc(-c2ccc(C3=CC4(CCNCC4)Oc4ccccc43)cc2)n1. The van der Waals surface area contributed by atoms with E-state index in [2.05, 4.69) is 49.7 Å². The number of nitrogens with zero attached hydrogens (tertiary/aromatic N) is 4. The van der Waals surface area contributed by atoms with E-state index >= 15 is 0 Å². The van der Waals surface area contributed by atoms with Gasteiger partial charge in [-0.05, 0) is 41.6 Å². The van der Waals surface area contributed by atoms with E-state index in [4.69, 9.17) is 4.74 Å². The zero-order valence-corrected chi connectivity index (χ0v) is 17.2. The van der Waals surface area contributed by atoms with Gasteiger partial charge in [-0.15, -0.1) is 10.2 Å². The van der Waals surface area contributed by atoms with Gasteiger partial charge in [0.25, 0.3) is 0 Å². The molecular formula is C23H23N5O3. The largest absolute Gasteiger partial charge is 0.482 e. The number of hydrogen-bond acceptors (Lipinski definition) is 7. The van der Waals surface area contributed by atoms with Crippen molar-refractivity contribution < 1.29 is 14.3 Å². The normalized spacial score (nSPS) is 16.9. The molecule has 0 atom stereocenters. The van der Waals surface area contributed by atoms with Gasteiger partial charge in [-0.2, -0.15) is 4.80 Å². The lowest BCUT2D eigenvalue weighted by molar-refractivity contribution is -0.141. The van der Waals surface area contributed by atoms with E-state index in [1.807, 2.05) is 30.3 Å². The Morgan fingerprint density at radius 1 is 1.13 bits per heavy atom. The Morgan fingerprint density at radius 3 is 2.65 bits per heavy atom. The third-order valence-corrected chi connectivity index (χ3v) is 5.75. The summed E-state index contributed by atoms with van der Waals surface area (Å²) in [7, 11) is 1.33. The number of ether oxygens (including phenoxy) is 2. The van der Waals surface area contributed by atoms with Crippen molar-refractivity contribution in [3.8, 4) is 17.1 Å². The Balaban J connectivity index is 1.46. The monoisotopic (exact) mass is 417 g/mol. The molecule has 2 aliphatic heterocycles. The fourth-order valence-electron chi connectivity index (χ4n) is 4.11. The molecule has 0 unspecified atom stereocenters. The van der Waals surface area contributed by atoms with Crippen molar-refractivity contribution >= 4 is 11.5 Å². The van der Waals surface area contributed by atoms with Crippen molar-refractivity contribution in [2.24, 2.45) is 0 Å². The lowest BCUT2D eigenvalue weighted by atomic mass is 9.83. The molecule has 8 nitrogen and oxygen atoms in total. The van der Waals surface area contributed by atoms with Crippen LogP contribution in [0, 0.1) is 0 Å². The lowest BCUT2D eigenvalue weighted by Gasteiger charge is -2.40. The van der Waals surface area contributed by atoms with E-state index in [0.29, 0.717) is 5.82 Å². The summed E-state index contributed by atoms with van der Waals surface area (Å²) in [6.07, 6.45) is 4.17. The van der Waals surface area contributed by atoms with Gasteiger partial charge in [-0.3, -0.25) is 0 Å². The molecule has 0 saturated carbocycles. The molecule has 5 rings (SSSR count). The maximum atomic E-state index is 11.4. The van der Waals surface area contributed by atoms with Crippen LogP contribution in [0.1, 0.15) is 24.0 Å². The molecule has 0 radical (unpaired) electrons. The highest BCUT2D eigenvalue weighted by Crippen LogP contribution is 2.42. The third-order valence-electron chi connectivity index (χ3n) is 5.75. The fraction of sp³-hybridized carbons (Fsp3) is 0.304. The summed E-state index contributed by atoms with van der Waals surface area (Å²) in [5, 5.41) is 15.7. The van der Waals surface area contributed by atoms with Gasteiger partial charge in [0.2, 0.25) is 5.82 Å². The van der Waals surface area contributed by atoms with Gasteiger partial charge in [0.15, 0.2) is 6.54 Å². The first-order valence-electron chi connectivity index (χ1n) is 10.3. The number of piperidine rings is 1. The van der Waals surface area contributed by atoms with E-state index < -0.39 is 5.97 Å². The molecule has 1 aromatic heterocycles. The van der Waals surface area contributed by atoms with Gasteiger partial charge < -0.3 is 14.8 Å². The van der Waals surface area contributed by atoms with E-state index in [1.165, 1.54) is 17.5 Å². The second-order valence-corrected chi connectivity index (χ2v) is 7.77. The molecule has 1 spiro atoms. The molecule has 2 aromatic carbocycles. The fourth-order valence-corrected chi connectivity index (χ4v) is 4.11. The number of para-hydroxylation sites is 1. The molecular weight excluding hydrogens is 394 g/mol. The Hall–Kier alpha value is -3.52. The number of nitrogens with one attached hydrogen (secondary N) is 1. The van der Waals surface area contributed by atoms with Crippen LogP contribution in [0.25, 0.3) is 17.0 Å². The van der Waals surface area contributed by atoms with E-state index in [0.717, 1.165) is 48.4 Å². The Bertz CT molecular complexity index is 1130. The second-order valence-electron chi connectivity index (χ2n) is 7.77. The molecule has 1 N–H and O–H groups in total. The van der Waals surface area contributed by atoms with Crippen LogP contribution in [0.4, 0.5) is 0 Å². The van der Waals surface area contributed by atoms with Crippen molar-refractivity contribution in [2.75, 3.05) is 20.2 Å². The number of tetrazole rings is 1. The summed E-state index contributed by atoms with van der Waals surface area (Å²) in [5.74, 6) is 0.973. The van der Waals surface area contributed by atoms with E-state index in [9.17, 15) is 4.79 Å². The predicted octanol–water partition coefficient (Wildman–Crippen LogP) is 2.46. The molecule has 3 aromatic rings. The zero-order chi connectivity index (χ0) is 21.3. The number of esters is 1. The van der Waals surface area contributed by atoms with Crippen molar-refractivity contribution in [1.29, 1.82) is 0 Å². The molecule has 0 bridgehead atoms. The maximum absolute atomic E-state index is 11.4. The zero-order valence-electron chi connectivity index (χ0n) is 17.2. The lowest BCUT2D eigenvalue weighted by Crippen LogP contribution is -2.46. The Kier molecular flexibility index (Phi) is 4.99. The number of fused-ring (bicyclic) bond motifs is 1. The first kappa shape index (κ1) is 19.4. The topological polar surface area (TPSA) is 91.2 Å². The number of aromatic nitrogens is 4. The predicted molar refractivity (Wildman–Crippen MR) is 114 cm³/mol. The van der Waals surface area contributed by atoms with E-state index in [-0.39, 0.29) is 12.1 Å². The van der Waals surface area contributed by atoms with Crippen LogP contribution >= 0.6 is 0 Å². The van der Waals surface area contributed by atoms with Gasteiger partial charge in [-0.25, -0.2) is 4.79 Å². The van der Waals surface area contributed by atoms with Crippen LogP contribution < -0.4 is 10.1 Å². The minimum absolute atomic E-state index is 0.0673. The first-order valence-corrected chi connectivity index (χ1v) is 10.3. The summed E-state index contributed by atoms with van der Waals surface area (Å²) in [5.41, 5.74) is 3.95. The molecule has 158 valence electrons. The van der Waals surface area contributed by atoms with Crippen LogP contribution in [0.2, 0.25) is 0 Å². The highest BCUT2D eigenvalue weighted by atomic mass is 16.5.